The van der Waals surface area contributed by atoms with Crippen molar-refractivity contribution in [1.82, 2.24) is 10.2 Å². The van der Waals surface area contributed by atoms with Gasteiger partial charge in [0, 0.05) is 6.04 Å². The van der Waals surface area contributed by atoms with Crippen molar-refractivity contribution < 1.29 is 14.7 Å². The summed E-state index contributed by atoms with van der Waals surface area (Å²) in [4.78, 5) is 25.7. The molecule has 3 rings (SSSR count). The molecule has 2 N–H and O–H groups in total. The van der Waals surface area contributed by atoms with E-state index in [1.807, 2.05) is 6.92 Å². The van der Waals surface area contributed by atoms with E-state index in [1.165, 1.54) is 25.7 Å². The Kier molecular flexibility index (Phi) is 6.54. The maximum absolute atomic E-state index is 12.6. The smallest absolute Gasteiger partial charge is 0.306 e. The Hall–Kier alpha value is -0.810. The Morgan fingerprint density at radius 2 is 1.75 bits per heavy atom. The van der Waals surface area contributed by atoms with Gasteiger partial charge in [-0.15, -0.1) is 12.4 Å². The highest BCUT2D eigenvalue weighted by Gasteiger charge is 2.42. The van der Waals surface area contributed by atoms with Crippen LogP contribution in [0.4, 0.5) is 0 Å². The Morgan fingerprint density at radius 3 is 2.25 bits per heavy atom. The number of amides is 1. The Morgan fingerprint density at radius 1 is 1.08 bits per heavy atom. The van der Waals surface area contributed by atoms with Crippen molar-refractivity contribution in [1.29, 1.82) is 0 Å². The minimum atomic E-state index is -0.702. The van der Waals surface area contributed by atoms with Crippen LogP contribution in [-0.2, 0) is 9.59 Å². The number of carbonyl (C=O) groups excluding carboxylic acids is 1. The van der Waals surface area contributed by atoms with Gasteiger partial charge in [-0.2, -0.15) is 0 Å². The van der Waals surface area contributed by atoms with Crippen LogP contribution in [0.2, 0.25) is 0 Å². The van der Waals surface area contributed by atoms with Crippen LogP contribution >= 0.6 is 12.4 Å². The predicted molar refractivity (Wildman–Crippen MR) is 95.2 cm³/mol. The Bertz CT molecular complexity index is 465. The second-order valence-electron chi connectivity index (χ2n) is 7.96. The van der Waals surface area contributed by atoms with E-state index >= 15 is 0 Å². The fourth-order valence-corrected chi connectivity index (χ4v) is 5.06. The molecule has 1 amide bonds. The number of carboxylic acid groups (broad SMARTS) is 1. The molecule has 0 spiro atoms. The molecule has 2 bridgehead atoms. The van der Waals surface area contributed by atoms with Gasteiger partial charge >= 0.3 is 5.97 Å². The van der Waals surface area contributed by atoms with Gasteiger partial charge in [-0.05, 0) is 76.8 Å². The van der Waals surface area contributed by atoms with Crippen molar-refractivity contribution in [3.8, 4) is 0 Å². The molecule has 1 aliphatic heterocycles. The van der Waals surface area contributed by atoms with Crippen molar-refractivity contribution in [3.63, 3.8) is 0 Å². The van der Waals surface area contributed by atoms with E-state index in [-0.39, 0.29) is 36.3 Å². The Labute approximate surface area is 151 Å². The van der Waals surface area contributed by atoms with Crippen LogP contribution in [0.15, 0.2) is 0 Å². The maximum Gasteiger partial charge on any atom is 0.306 e. The van der Waals surface area contributed by atoms with Gasteiger partial charge in [0.15, 0.2) is 0 Å². The number of nitrogens with zero attached hydrogens (tertiary/aromatic N) is 1. The summed E-state index contributed by atoms with van der Waals surface area (Å²) in [6.45, 7) is 5.51. The summed E-state index contributed by atoms with van der Waals surface area (Å²) in [5.41, 5.74) is 0. The first kappa shape index (κ1) is 19.5. The molecule has 0 aromatic rings. The third-order valence-corrected chi connectivity index (χ3v) is 6.61. The van der Waals surface area contributed by atoms with E-state index in [9.17, 15) is 9.59 Å². The van der Waals surface area contributed by atoms with E-state index < -0.39 is 5.97 Å². The highest BCUT2D eigenvalue weighted by atomic mass is 35.5. The molecule has 5 unspecified atom stereocenters. The first-order valence-electron chi connectivity index (χ1n) is 9.23. The lowest BCUT2D eigenvalue weighted by molar-refractivity contribution is -0.143. The number of rotatable bonds is 5. The standard InChI is InChI=1S/C18H30N2O3.ClH/c1-11(16-10-13-3-4-15(16)9-13)19-17(21)12(2)20-7-5-14(6-8-20)18(22)23;/h11-16H,3-10H2,1-2H3,(H,19,21)(H,22,23);1H. The van der Waals surface area contributed by atoms with E-state index in [1.54, 1.807) is 0 Å². The first-order valence-corrected chi connectivity index (χ1v) is 9.23. The van der Waals surface area contributed by atoms with Gasteiger partial charge in [0.1, 0.15) is 0 Å². The molecule has 138 valence electrons. The van der Waals surface area contributed by atoms with Gasteiger partial charge < -0.3 is 10.4 Å². The molecule has 5 nitrogen and oxygen atoms in total. The molecule has 2 saturated carbocycles. The Balaban J connectivity index is 0.00000208. The summed E-state index contributed by atoms with van der Waals surface area (Å²) < 4.78 is 0. The number of likely N-dealkylation sites (tertiary alicyclic amines) is 1. The van der Waals surface area contributed by atoms with Crippen molar-refractivity contribution in [2.75, 3.05) is 13.1 Å². The van der Waals surface area contributed by atoms with Crippen LogP contribution < -0.4 is 5.32 Å². The molecular formula is C18H31ClN2O3. The van der Waals surface area contributed by atoms with Gasteiger partial charge in [-0.3, -0.25) is 14.5 Å². The molecule has 5 atom stereocenters. The van der Waals surface area contributed by atoms with E-state index in [2.05, 4.69) is 17.1 Å². The number of hydrogen-bond donors (Lipinski definition) is 2. The van der Waals surface area contributed by atoms with Gasteiger partial charge in [-0.25, -0.2) is 0 Å². The number of nitrogens with one attached hydrogen (secondary N) is 1. The molecule has 2 aliphatic carbocycles. The predicted octanol–water partition coefficient (Wildman–Crippen LogP) is 2.53. The van der Waals surface area contributed by atoms with Gasteiger partial charge in [0.25, 0.3) is 0 Å². The highest BCUT2D eigenvalue weighted by molar-refractivity contribution is 5.85. The van der Waals surface area contributed by atoms with Crippen LogP contribution in [0.3, 0.4) is 0 Å². The molecule has 0 aromatic heterocycles. The number of fused-ring (bicyclic) bond motifs is 2. The molecule has 1 saturated heterocycles. The normalized spacial score (nSPS) is 32.8. The number of piperidine rings is 1. The topological polar surface area (TPSA) is 69.6 Å². The third kappa shape index (κ3) is 4.05. The summed E-state index contributed by atoms with van der Waals surface area (Å²) in [5.74, 6) is 1.53. The van der Waals surface area contributed by atoms with E-state index in [0.717, 1.165) is 11.8 Å². The average molecular weight is 359 g/mol. The van der Waals surface area contributed by atoms with E-state index in [4.69, 9.17) is 5.11 Å². The second kappa shape index (κ2) is 8.05. The van der Waals surface area contributed by atoms with Gasteiger partial charge in [0.05, 0.1) is 12.0 Å². The zero-order valence-electron chi connectivity index (χ0n) is 14.7. The van der Waals surface area contributed by atoms with Crippen LogP contribution in [0.5, 0.6) is 0 Å². The number of carbonyl (C=O) groups is 2. The summed E-state index contributed by atoms with van der Waals surface area (Å²) >= 11 is 0. The lowest BCUT2D eigenvalue weighted by atomic mass is 9.84. The molecular weight excluding hydrogens is 328 g/mol. The molecule has 6 heteroatoms. The lowest BCUT2D eigenvalue weighted by Gasteiger charge is -2.35. The highest BCUT2D eigenvalue weighted by Crippen LogP contribution is 2.49. The van der Waals surface area contributed by atoms with Crippen LogP contribution in [0.25, 0.3) is 0 Å². The van der Waals surface area contributed by atoms with Crippen LogP contribution in [-0.4, -0.2) is 47.1 Å². The quantitative estimate of drug-likeness (QED) is 0.792. The molecule has 24 heavy (non-hydrogen) atoms. The summed E-state index contributed by atoms with van der Waals surface area (Å²) in [5, 5.41) is 12.3. The number of carboxylic acids is 1. The second-order valence-corrected chi connectivity index (χ2v) is 7.96. The van der Waals surface area contributed by atoms with Crippen molar-refractivity contribution >= 4 is 24.3 Å². The molecule has 3 aliphatic rings. The minimum absolute atomic E-state index is 0. The van der Waals surface area contributed by atoms with Crippen molar-refractivity contribution in [3.05, 3.63) is 0 Å². The van der Waals surface area contributed by atoms with Crippen molar-refractivity contribution in [2.45, 2.75) is 64.5 Å². The summed E-state index contributed by atoms with van der Waals surface area (Å²) in [6.07, 6.45) is 6.67. The SMILES string of the molecule is CC(NC(=O)C(C)N1CCC(C(=O)O)CC1)C1CC2CCC1C2.Cl. The monoisotopic (exact) mass is 358 g/mol. The van der Waals surface area contributed by atoms with Crippen LogP contribution in [0.1, 0.15) is 52.4 Å². The zero-order chi connectivity index (χ0) is 16.6. The summed E-state index contributed by atoms with van der Waals surface area (Å²) in [7, 11) is 0. The van der Waals surface area contributed by atoms with Gasteiger partial charge in [0.2, 0.25) is 5.91 Å². The fourth-order valence-electron chi connectivity index (χ4n) is 5.06. The first-order chi connectivity index (χ1) is 11.0. The van der Waals surface area contributed by atoms with Gasteiger partial charge in [-0.1, -0.05) is 6.42 Å². The summed E-state index contributed by atoms with van der Waals surface area (Å²) in [6, 6.07) is 0.0996. The van der Waals surface area contributed by atoms with Crippen molar-refractivity contribution in [2.24, 2.45) is 23.7 Å². The molecule has 3 fully saturated rings. The zero-order valence-corrected chi connectivity index (χ0v) is 15.6. The van der Waals surface area contributed by atoms with E-state index in [0.29, 0.717) is 31.8 Å². The maximum atomic E-state index is 12.6. The van der Waals surface area contributed by atoms with Crippen LogP contribution in [0, 0.1) is 23.7 Å². The largest absolute Gasteiger partial charge is 0.481 e. The number of aliphatic carboxylic acids is 1. The fraction of sp³-hybridized carbons (Fsp3) is 0.889. The molecule has 0 radical (unpaired) electrons. The average Bonchev–Trinajstić information content (AvgIpc) is 3.17. The number of hydrogen-bond acceptors (Lipinski definition) is 3. The molecule has 0 aromatic carbocycles. The third-order valence-electron chi connectivity index (χ3n) is 6.61. The number of halogens is 1. The molecule has 1 heterocycles. The minimum Gasteiger partial charge on any atom is -0.481 e. The lowest BCUT2D eigenvalue weighted by Crippen LogP contribution is -2.52.